The Kier molecular flexibility index (Phi) is 4.28. The number of H-pyrrole nitrogens is 1. The van der Waals surface area contributed by atoms with E-state index in [0.717, 1.165) is 30.2 Å². The van der Waals surface area contributed by atoms with Gasteiger partial charge >= 0.3 is 0 Å². The molecule has 4 aromatic heterocycles. The van der Waals surface area contributed by atoms with Crippen LogP contribution in [0.4, 0.5) is 0 Å². The van der Waals surface area contributed by atoms with Crippen LogP contribution >= 0.6 is 0 Å². The van der Waals surface area contributed by atoms with Crippen LogP contribution in [-0.2, 0) is 0 Å². The maximum absolute atomic E-state index is 13.4. The molecule has 5 heterocycles. The Morgan fingerprint density at radius 3 is 2.91 bits per heavy atom. The molecule has 4 aromatic rings. The molecule has 0 bridgehead atoms. The van der Waals surface area contributed by atoms with E-state index >= 15 is 0 Å². The second-order valence-electron chi connectivity index (χ2n) is 8.84. The number of rotatable bonds is 4. The molecule has 1 atom stereocenters. The molecule has 6 rings (SSSR count). The molecule has 1 saturated carbocycles. The van der Waals surface area contributed by atoms with Crippen LogP contribution in [0.3, 0.4) is 0 Å². The quantitative estimate of drug-likeness (QED) is 0.457. The summed E-state index contributed by atoms with van der Waals surface area (Å²) in [6.07, 6.45) is 9.90. The molecule has 168 valence electrons. The van der Waals surface area contributed by atoms with Gasteiger partial charge in [0.15, 0.2) is 0 Å². The van der Waals surface area contributed by atoms with Gasteiger partial charge < -0.3 is 10.2 Å². The number of carbonyl (C=O) groups is 2. The number of hydrogen-bond acceptors (Lipinski definition) is 7. The summed E-state index contributed by atoms with van der Waals surface area (Å²) in [5.41, 5.74) is 0.627. The molecule has 2 N–H and O–H groups in total. The van der Waals surface area contributed by atoms with E-state index in [0.29, 0.717) is 17.6 Å². The minimum absolute atomic E-state index is 0.0143. The van der Waals surface area contributed by atoms with Crippen LogP contribution in [0, 0.1) is 5.41 Å². The van der Waals surface area contributed by atoms with Crippen LogP contribution in [0.15, 0.2) is 41.8 Å². The highest BCUT2D eigenvalue weighted by Gasteiger charge is 2.49. The highest BCUT2D eigenvalue weighted by Crippen LogP contribution is 2.50. The lowest BCUT2D eigenvalue weighted by atomic mass is 9.67. The maximum Gasteiger partial charge on any atom is 0.286 e. The van der Waals surface area contributed by atoms with Gasteiger partial charge in [-0.2, -0.15) is 4.52 Å². The molecule has 1 aliphatic heterocycles. The molecular weight excluding hydrogens is 426 g/mol. The predicted molar refractivity (Wildman–Crippen MR) is 115 cm³/mol. The van der Waals surface area contributed by atoms with Crippen LogP contribution in [0.25, 0.3) is 11.3 Å². The van der Waals surface area contributed by atoms with Gasteiger partial charge in [-0.05, 0) is 36.8 Å². The van der Waals surface area contributed by atoms with Crippen LogP contribution in [0.5, 0.6) is 0 Å². The summed E-state index contributed by atoms with van der Waals surface area (Å²) in [6, 6.07) is 3.23. The standard InChI is InChI=1S/C21H21N9O3/c31-17(14-3-1-6-29-16(14)10-25-27-29)22-8-13-7-21(4-2-5-21)11-28(13)18(32)15-9-23-20-24-12-26-30(20)19(15)33/h1,3,6,9-10,12-13H,2,4-5,7-8,11H2,(H,22,31)(H,23,24,26). The normalized spacial score (nSPS) is 19.3. The van der Waals surface area contributed by atoms with E-state index in [-0.39, 0.29) is 41.2 Å². The van der Waals surface area contributed by atoms with Crippen molar-refractivity contribution in [1.82, 2.24) is 44.6 Å². The van der Waals surface area contributed by atoms with Gasteiger partial charge in [-0.3, -0.25) is 19.5 Å². The highest BCUT2D eigenvalue weighted by molar-refractivity contribution is 6.00. The summed E-state index contributed by atoms with van der Waals surface area (Å²) in [5, 5.41) is 13.4. The number of aromatic nitrogens is 7. The van der Waals surface area contributed by atoms with Gasteiger partial charge in [0.25, 0.3) is 23.2 Å². The number of carbonyl (C=O) groups excluding carboxylic acids is 2. The first-order valence-electron chi connectivity index (χ1n) is 10.8. The summed E-state index contributed by atoms with van der Waals surface area (Å²) in [4.78, 5) is 48.9. The second kappa shape index (κ2) is 7.22. The molecule has 12 nitrogen and oxygen atoms in total. The number of fused-ring (bicyclic) bond motifs is 2. The summed E-state index contributed by atoms with van der Waals surface area (Å²) in [6.45, 7) is 0.857. The van der Waals surface area contributed by atoms with Crippen LogP contribution in [-0.4, -0.2) is 70.3 Å². The van der Waals surface area contributed by atoms with Crippen molar-refractivity contribution in [3.05, 3.63) is 58.5 Å². The summed E-state index contributed by atoms with van der Waals surface area (Å²) in [5.74, 6) is -0.423. The molecule has 33 heavy (non-hydrogen) atoms. The Morgan fingerprint density at radius 2 is 2.09 bits per heavy atom. The van der Waals surface area contributed by atoms with E-state index in [9.17, 15) is 14.4 Å². The zero-order valence-corrected chi connectivity index (χ0v) is 17.6. The third-order valence-corrected chi connectivity index (χ3v) is 6.91. The predicted octanol–water partition coefficient (Wildman–Crippen LogP) is 0.275. The average Bonchev–Trinajstić information content (AvgIpc) is 3.54. The van der Waals surface area contributed by atoms with Crippen molar-refractivity contribution in [3.8, 4) is 0 Å². The van der Waals surface area contributed by atoms with E-state index in [1.807, 2.05) is 0 Å². The molecule has 1 unspecified atom stereocenters. The molecule has 0 radical (unpaired) electrons. The molecular formula is C21H21N9O3. The molecule has 12 heteroatoms. The summed E-state index contributed by atoms with van der Waals surface area (Å²) >= 11 is 0. The van der Waals surface area contributed by atoms with Crippen molar-refractivity contribution < 1.29 is 9.59 Å². The lowest BCUT2D eigenvalue weighted by molar-refractivity contribution is 0.0683. The van der Waals surface area contributed by atoms with Gasteiger partial charge in [0.2, 0.25) is 0 Å². The lowest BCUT2D eigenvalue weighted by Gasteiger charge is -2.37. The topological polar surface area (TPSA) is 143 Å². The fourth-order valence-corrected chi connectivity index (χ4v) is 5.07. The molecule has 1 aliphatic carbocycles. The number of aromatic amines is 1. The molecule has 2 aliphatic rings. The van der Waals surface area contributed by atoms with E-state index in [1.165, 1.54) is 23.2 Å². The molecule has 0 aromatic carbocycles. The zero-order valence-electron chi connectivity index (χ0n) is 17.6. The Morgan fingerprint density at radius 1 is 1.21 bits per heavy atom. The highest BCUT2D eigenvalue weighted by atomic mass is 16.2. The fourth-order valence-electron chi connectivity index (χ4n) is 5.07. The number of likely N-dealkylation sites (tertiary alicyclic amines) is 1. The zero-order chi connectivity index (χ0) is 22.6. The molecule has 1 spiro atoms. The first-order chi connectivity index (χ1) is 16.0. The third-order valence-electron chi connectivity index (χ3n) is 6.91. The minimum Gasteiger partial charge on any atom is -0.350 e. The van der Waals surface area contributed by atoms with Crippen molar-refractivity contribution in [3.63, 3.8) is 0 Å². The monoisotopic (exact) mass is 447 g/mol. The van der Waals surface area contributed by atoms with Crippen LogP contribution in [0.2, 0.25) is 0 Å². The van der Waals surface area contributed by atoms with Gasteiger partial charge in [0.1, 0.15) is 11.9 Å². The Balaban J connectivity index is 1.25. The number of pyridine rings is 1. The van der Waals surface area contributed by atoms with E-state index in [1.54, 1.807) is 23.2 Å². The van der Waals surface area contributed by atoms with Crippen molar-refractivity contribution in [2.75, 3.05) is 13.1 Å². The van der Waals surface area contributed by atoms with Crippen molar-refractivity contribution in [2.45, 2.75) is 31.7 Å². The van der Waals surface area contributed by atoms with E-state index in [4.69, 9.17) is 0 Å². The number of hydrogen-bond donors (Lipinski definition) is 2. The molecule has 2 fully saturated rings. The fraction of sp³-hybridized carbons (Fsp3) is 0.381. The lowest BCUT2D eigenvalue weighted by Crippen LogP contribution is -2.45. The number of nitrogens with zero attached hydrogens (tertiary/aromatic N) is 7. The minimum atomic E-state index is -0.486. The van der Waals surface area contributed by atoms with E-state index in [2.05, 4.69) is 30.7 Å². The SMILES string of the molecule is O=C(NCC1CC2(CCC2)CN1C(=O)c1cnc2nc[nH]n2c1=O)c1cccn2nncc12. The van der Waals surface area contributed by atoms with Gasteiger partial charge in [0, 0.05) is 31.5 Å². The maximum atomic E-state index is 13.4. The van der Waals surface area contributed by atoms with Crippen molar-refractivity contribution >= 4 is 23.1 Å². The van der Waals surface area contributed by atoms with Gasteiger partial charge in [-0.25, -0.2) is 14.5 Å². The first kappa shape index (κ1) is 19.6. The first-order valence-corrected chi connectivity index (χ1v) is 10.8. The number of amides is 2. The average molecular weight is 447 g/mol. The largest absolute Gasteiger partial charge is 0.350 e. The smallest absolute Gasteiger partial charge is 0.286 e. The Labute approximate surface area is 186 Å². The summed E-state index contributed by atoms with van der Waals surface area (Å²) in [7, 11) is 0. The van der Waals surface area contributed by atoms with Gasteiger partial charge in [-0.15, -0.1) is 5.10 Å². The summed E-state index contributed by atoms with van der Waals surface area (Å²) < 4.78 is 2.69. The van der Waals surface area contributed by atoms with Gasteiger partial charge in [0.05, 0.1) is 17.3 Å². The third kappa shape index (κ3) is 3.09. The molecule has 2 amide bonds. The Hall–Kier alpha value is -4.09. The van der Waals surface area contributed by atoms with Crippen LogP contribution in [0.1, 0.15) is 46.4 Å². The van der Waals surface area contributed by atoms with Crippen molar-refractivity contribution in [2.24, 2.45) is 5.41 Å². The van der Waals surface area contributed by atoms with Gasteiger partial charge in [-0.1, -0.05) is 11.6 Å². The van der Waals surface area contributed by atoms with Crippen molar-refractivity contribution in [1.29, 1.82) is 0 Å². The molecule has 1 saturated heterocycles. The Bertz CT molecular complexity index is 1450. The van der Waals surface area contributed by atoms with Crippen LogP contribution < -0.4 is 10.9 Å². The number of nitrogens with one attached hydrogen (secondary N) is 2. The van der Waals surface area contributed by atoms with E-state index < -0.39 is 5.56 Å². The second-order valence-corrected chi connectivity index (χ2v) is 8.84.